The first-order valence-corrected chi connectivity index (χ1v) is 10.7. The lowest BCUT2D eigenvalue weighted by Gasteiger charge is -2.25. The molecule has 1 amide bonds. The van der Waals surface area contributed by atoms with Crippen LogP contribution in [0.5, 0.6) is 0 Å². The molecule has 3 rings (SSSR count). The SMILES string of the molecule is CS(=O)(=O)Nc1cccc(C(=O)N2CCCC2c2cccc(Br)c2)c1. The molecule has 2 aromatic rings. The van der Waals surface area contributed by atoms with Crippen molar-refractivity contribution < 1.29 is 13.2 Å². The topological polar surface area (TPSA) is 66.5 Å². The summed E-state index contributed by atoms with van der Waals surface area (Å²) >= 11 is 3.48. The molecule has 0 aliphatic carbocycles. The van der Waals surface area contributed by atoms with Gasteiger partial charge >= 0.3 is 0 Å². The third-order valence-corrected chi connectivity index (χ3v) is 5.26. The highest BCUT2D eigenvalue weighted by Gasteiger charge is 2.30. The van der Waals surface area contributed by atoms with Crippen LogP contribution in [-0.4, -0.2) is 32.0 Å². The van der Waals surface area contributed by atoms with Gasteiger partial charge < -0.3 is 4.90 Å². The number of nitrogens with zero attached hydrogens (tertiary/aromatic N) is 1. The van der Waals surface area contributed by atoms with Crippen LogP contribution in [0.2, 0.25) is 0 Å². The molecule has 1 aliphatic heterocycles. The zero-order valence-corrected chi connectivity index (χ0v) is 16.2. The fourth-order valence-electron chi connectivity index (χ4n) is 3.17. The Bertz CT molecular complexity index is 899. The molecule has 2 aromatic carbocycles. The van der Waals surface area contributed by atoms with Gasteiger partial charge in [-0.15, -0.1) is 0 Å². The molecule has 1 aliphatic rings. The molecule has 1 heterocycles. The minimum absolute atomic E-state index is 0.0384. The molecule has 1 atom stereocenters. The second-order valence-corrected chi connectivity index (χ2v) is 8.83. The van der Waals surface area contributed by atoms with Gasteiger partial charge in [0.15, 0.2) is 0 Å². The molecular formula is C18H19BrN2O3S. The summed E-state index contributed by atoms with van der Waals surface area (Å²) in [7, 11) is -3.38. The number of rotatable bonds is 4. The number of sulfonamides is 1. The number of likely N-dealkylation sites (tertiary alicyclic amines) is 1. The fraction of sp³-hybridized carbons (Fsp3) is 0.278. The highest BCUT2D eigenvalue weighted by atomic mass is 79.9. The number of nitrogens with one attached hydrogen (secondary N) is 1. The van der Waals surface area contributed by atoms with Gasteiger partial charge in [0.05, 0.1) is 12.3 Å². The van der Waals surface area contributed by atoms with Crippen LogP contribution in [-0.2, 0) is 10.0 Å². The summed E-state index contributed by atoms with van der Waals surface area (Å²) in [6, 6.07) is 14.7. The molecule has 0 bridgehead atoms. The zero-order chi connectivity index (χ0) is 18.0. The maximum Gasteiger partial charge on any atom is 0.254 e. The van der Waals surface area contributed by atoms with Gasteiger partial charge in [-0.05, 0) is 48.7 Å². The van der Waals surface area contributed by atoms with Crippen LogP contribution in [0.3, 0.4) is 0 Å². The quantitative estimate of drug-likeness (QED) is 0.814. The Kier molecular flexibility index (Phi) is 5.15. The summed E-state index contributed by atoms with van der Waals surface area (Å²) < 4.78 is 26.2. The molecule has 132 valence electrons. The van der Waals surface area contributed by atoms with E-state index in [1.165, 1.54) is 0 Å². The molecule has 0 spiro atoms. The van der Waals surface area contributed by atoms with Crippen molar-refractivity contribution in [3.8, 4) is 0 Å². The van der Waals surface area contributed by atoms with E-state index in [4.69, 9.17) is 0 Å². The Morgan fingerprint density at radius 2 is 1.96 bits per heavy atom. The number of amides is 1. The molecule has 1 unspecified atom stereocenters. The highest BCUT2D eigenvalue weighted by Crippen LogP contribution is 2.34. The Morgan fingerprint density at radius 3 is 2.68 bits per heavy atom. The molecule has 1 fully saturated rings. The van der Waals surface area contributed by atoms with E-state index in [0.717, 1.165) is 29.1 Å². The monoisotopic (exact) mass is 422 g/mol. The standard InChI is InChI=1S/C18H19BrN2O3S/c1-25(23,24)20-16-8-3-6-14(12-16)18(22)21-10-4-9-17(21)13-5-2-7-15(19)11-13/h2-3,5-8,11-12,17,20H,4,9-10H2,1H3. The van der Waals surface area contributed by atoms with Gasteiger partial charge in [0.25, 0.3) is 5.91 Å². The van der Waals surface area contributed by atoms with E-state index in [-0.39, 0.29) is 11.9 Å². The molecule has 1 N–H and O–H groups in total. The second kappa shape index (κ2) is 7.17. The molecular weight excluding hydrogens is 404 g/mol. The third-order valence-electron chi connectivity index (χ3n) is 4.16. The lowest BCUT2D eigenvalue weighted by molar-refractivity contribution is 0.0735. The summed E-state index contributed by atoms with van der Waals surface area (Å²) in [6.07, 6.45) is 2.96. The fourth-order valence-corrected chi connectivity index (χ4v) is 4.14. The van der Waals surface area contributed by atoms with Crippen LogP contribution >= 0.6 is 15.9 Å². The minimum atomic E-state index is -3.38. The maximum atomic E-state index is 13.0. The largest absolute Gasteiger partial charge is 0.332 e. The van der Waals surface area contributed by atoms with Crippen LogP contribution in [0.1, 0.15) is 34.8 Å². The molecule has 7 heteroatoms. The first kappa shape index (κ1) is 17.9. The smallest absolute Gasteiger partial charge is 0.254 e. The number of anilines is 1. The number of hydrogen-bond donors (Lipinski definition) is 1. The maximum absolute atomic E-state index is 13.0. The van der Waals surface area contributed by atoms with E-state index < -0.39 is 10.0 Å². The normalized spacial score (nSPS) is 17.5. The van der Waals surface area contributed by atoms with Crippen LogP contribution in [0, 0.1) is 0 Å². The zero-order valence-electron chi connectivity index (χ0n) is 13.8. The van der Waals surface area contributed by atoms with Gasteiger partial charge in [-0.25, -0.2) is 8.42 Å². The van der Waals surface area contributed by atoms with Crippen LogP contribution in [0.15, 0.2) is 53.0 Å². The van der Waals surface area contributed by atoms with Crippen molar-refractivity contribution in [1.29, 1.82) is 0 Å². The number of carbonyl (C=O) groups excluding carboxylic acids is 1. The number of hydrogen-bond acceptors (Lipinski definition) is 3. The summed E-state index contributed by atoms with van der Waals surface area (Å²) in [5.74, 6) is -0.0837. The first-order valence-electron chi connectivity index (χ1n) is 7.98. The molecule has 1 saturated heterocycles. The Morgan fingerprint density at radius 1 is 1.20 bits per heavy atom. The average molecular weight is 423 g/mol. The Labute approximate surface area is 156 Å². The average Bonchev–Trinajstić information content (AvgIpc) is 3.02. The number of carbonyl (C=O) groups is 1. The Hall–Kier alpha value is -1.86. The summed E-state index contributed by atoms with van der Waals surface area (Å²) in [6.45, 7) is 0.694. The summed E-state index contributed by atoms with van der Waals surface area (Å²) in [5, 5.41) is 0. The third kappa shape index (κ3) is 4.41. The van der Waals surface area contributed by atoms with Gasteiger partial charge in [0, 0.05) is 22.3 Å². The predicted octanol–water partition coefficient (Wildman–Crippen LogP) is 3.80. The predicted molar refractivity (Wildman–Crippen MR) is 102 cm³/mol. The van der Waals surface area contributed by atoms with Crippen molar-refractivity contribution in [1.82, 2.24) is 4.90 Å². The van der Waals surface area contributed by atoms with E-state index >= 15 is 0 Å². The molecule has 5 nitrogen and oxygen atoms in total. The molecule has 0 saturated carbocycles. The number of halogens is 1. The molecule has 0 radical (unpaired) electrons. The van der Waals surface area contributed by atoms with E-state index in [2.05, 4.69) is 20.7 Å². The lowest BCUT2D eigenvalue weighted by atomic mass is 10.0. The van der Waals surface area contributed by atoms with Gasteiger partial charge in [0.2, 0.25) is 10.0 Å². The van der Waals surface area contributed by atoms with Crippen molar-refractivity contribution in [3.05, 3.63) is 64.1 Å². The second-order valence-electron chi connectivity index (χ2n) is 6.17. The van der Waals surface area contributed by atoms with Gasteiger partial charge in [-0.3, -0.25) is 9.52 Å². The van der Waals surface area contributed by atoms with Crippen LogP contribution < -0.4 is 4.72 Å². The van der Waals surface area contributed by atoms with Gasteiger partial charge in [0.1, 0.15) is 0 Å². The summed E-state index contributed by atoms with van der Waals surface area (Å²) in [5.41, 5.74) is 1.98. The van der Waals surface area contributed by atoms with E-state index in [1.807, 2.05) is 29.2 Å². The van der Waals surface area contributed by atoms with Crippen molar-refractivity contribution in [2.24, 2.45) is 0 Å². The van der Waals surface area contributed by atoms with Crippen LogP contribution in [0.25, 0.3) is 0 Å². The van der Waals surface area contributed by atoms with Crippen molar-refractivity contribution >= 4 is 37.5 Å². The van der Waals surface area contributed by atoms with Crippen molar-refractivity contribution in [2.45, 2.75) is 18.9 Å². The van der Waals surface area contributed by atoms with Crippen LogP contribution in [0.4, 0.5) is 5.69 Å². The van der Waals surface area contributed by atoms with E-state index in [9.17, 15) is 13.2 Å². The summed E-state index contributed by atoms with van der Waals surface area (Å²) in [4.78, 5) is 14.8. The minimum Gasteiger partial charge on any atom is -0.332 e. The van der Waals surface area contributed by atoms with Crippen molar-refractivity contribution in [2.75, 3.05) is 17.5 Å². The lowest BCUT2D eigenvalue weighted by Crippen LogP contribution is -2.30. The van der Waals surface area contributed by atoms with Crippen molar-refractivity contribution in [3.63, 3.8) is 0 Å². The van der Waals surface area contributed by atoms with E-state index in [0.29, 0.717) is 17.8 Å². The number of benzene rings is 2. The first-order chi connectivity index (χ1) is 11.8. The van der Waals surface area contributed by atoms with Gasteiger partial charge in [-0.2, -0.15) is 0 Å². The molecule has 0 aromatic heterocycles. The highest BCUT2D eigenvalue weighted by molar-refractivity contribution is 9.10. The molecule has 25 heavy (non-hydrogen) atoms. The Balaban J connectivity index is 1.86. The van der Waals surface area contributed by atoms with Gasteiger partial charge in [-0.1, -0.05) is 34.1 Å². The van der Waals surface area contributed by atoms with E-state index in [1.54, 1.807) is 24.3 Å².